The van der Waals surface area contributed by atoms with Gasteiger partial charge in [-0.2, -0.15) is 0 Å². The van der Waals surface area contributed by atoms with E-state index in [0.717, 1.165) is 40.3 Å². The van der Waals surface area contributed by atoms with Crippen molar-refractivity contribution >= 4 is 50.0 Å². The normalized spacial score (nSPS) is 18.0. The molecule has 2 aliphatic rings. The first-order valence-electron chi connectivity index (χ1n) is 11.1. The van der Waals surface area contributed by atoms with Gasteiger partial charge in [0.15, 0.2) is 5.13 Å². The summed E-state index contributed by atoms with van der Waals surface area (Å²) in [7, 11) is 0. The van der Waals surface area contributed by atoms with Crippen molar-refractivity contribution < 1.29 is 9.53 Å². The number of anilines is 4. The Morgan fingerprint density at radius 3 is 2.94 bits per heavy atom. The minimum Gasteiger partial charge on any atom is -0.444 e. The van der Waals surface area contributed by atoms with E-state index in [1.807, 2.05) is 45.2 Å². The molecule has 2 aromatic heterocycles. The first-order valence-corrected chi connectivity index (χ1v) is 11.9. The summed E-state index contributed by atoms with van der Waals surface area (Å²) in [5, 5.41) is 7.68. The van der Waals surface area contributed by atoms with Gasteiger partial charge in [0.1, 0.15) is 11.4 Å². The number of fused-ring (bicyclic) bond motifs is 2. The number of rotatable bonds is 3. The van der Waals surface area contributed by atoms with Crippen LogP contribution in [0.2, 0.25) is 0 Å². The van der Waals surface area contributed by atoms with E-state index in [-0.39, 0.29) is 12.1 Å². The molecule has 1 amide bonds. The number of amides is 1. The molecule has 0 fully saturated rings. The second-order valence-electron chi connectivity index (χ2n) is 9.40. The van der Waals surface area contributed by atoms with Crippen LogP contribution in [0, 0.1) is 0 Å². The SMILES string of the molecule is CC(C)(C)OC(=O)N1CC=C(C2Cc3c(Nc4ccc5nc(N)sc5c4)ccnc3N2)CC1. The molecule has 0 aliphatic carbocycles. The lowest BCUT2D eigenvalue weighted by Gasteiger charge is -2.31. The van der Waals surface area contributed by atoms with Gasteiger partial charge in [0.05, 0.1) is 16.3 Å². The molecule has 2 aliphatic heterocycles. The Morgan fingerprint density at radius 1 is 1.33 bits per heavy atom. The predicted octanol–water partition coefficient (Wildman–Crippen LogP) is 4.92. The van der Waals surface area contributed by atoms with E-state index >= 15 is 0 Å². The Labute approximate surface area is 196 Å². The smallest absolute Gasteiger partial charge is 0.410 e. The van der Waals surface area contributed by atoms with Crippen molar-refractivity contribution in [3.8, 4) is 0 Å². The van der Waals surface area contributed by atoms with Crippen molar-refractivity contribution in [2.24, 2.45) is 0 Å². The Bertz CT molecular complexity index is 1250. The molecule has 1 atom stereocenters. The maximum absolute atomic E-state index is 12.4. The largest absolute Gasteiger partial charge is 0.444 e. The van der Waals surface area contributed by atoms with Crippen LogP contribution in [0.4, 0.5) is 27.1 Å². The lowest BCUT2D eigenvalue weighted by Crippen LogP contribution is -2.40. The fourth-order valence-corrected chi connectivity index (χ4v) is 5.03. The summed E-state index contributed by atoms with van der Waals surface area (Å²) in [6.45, 7) is 6.89. The minimum atomic E-state index is -0.484. The molecule has 1 aromatic carbocycles. The molecule has 0 saturated heterocycles. The van der Waals surface area contributed by atoms with Gasteiger partial charge in [0.2, 0.25) is 0 Å². The number of aromatic nitrogens is 2. The van der Waals surface area contributed by atoms with Crippen LogP contribution in [0.3, 0.4) is 0 Å². The van der Waals surface area contributed by atoms with Gasteiger partial charge in [-0.1, -0.05) is 17.4 Å². The van der Waals surface area contributed by atoms with Gasteiger partial charge in [-0.05, 0) is 57.0 Å². The molecule has 33 heavy (non-hydrogen) atoms. The quantitative estimate of drug-likeness (QED) is 0.472. The first-order chi connectivity index (χ1) is 15.7. The fraction of sp³-hybridized carbons (Fsp3) is 0.375. The molecule has 0 spiro atoms. The number of nitrogens with zero attached hydrogens (tertiary/aromatic N) is 3. The van der Waals surface area contributed by atoms with Crippen LogP contribution in [0.5, 0.6) is 0 Å². The standard InChI is InChI=1S/C24H28N6O2S/c1-24(2,3)32-23(31)30-10-7-14(8-11-30)19-13-16-17(6-9-26-21(16)28-19)27-15-4-5-18-20(12-15)33-22(25)29-18/h4-7,9,12,19H,8,10-11,13H2,1-3H3,(H2,25,29)(H2,26,27,28). The van der Waals surface area contributed by atoms with Crippen LogP contribution < -0.4 is 16.4 Å². The third-order valence-electron chi connectivity index (χ3n) is 5.80. The molecule has 4 heterocycles. The Balaban J connectivity index is 1.28. The summed E-state index contributed by atoms with van der Waals surface area (Å²) >= 11 is 1.48. The molecule has 3 aromatic rings. The number of carbonyl (C=O) groups is 1. The highest BCUT2D eigenvalue weighted by atomic mass is 32.1. The van der Waals surface area contributed by atoms with Gasteiger partial charge >= 0.3 is 6.09 Å². The van der Waals surface area contributed by atoms with E-state index in [9.17, 15) is 4.79 Å². The molecule has 172 valence electrons. The molecule has 9 heteroatoms. The highest BCUT2D eigenvalue weighted by molar-refractivity contribution is 7.22. The van der Waals surface area contributed by atoms with Crippen molar-refractivity contribution in [3.63, 3.8) is 0 Å². The number of nitrogens with one attached hydrogen (secondary N) is 2. The summed E-state index contributed by atoms with van der Waals surface area (Å²) in [6, 6.07) is 8.26. The van der Waals surface area contributed by atoms with Crippen LogP contribution in [0.1, 0.15) is 32.8 Å². The Morgan fingerprint density at radius 2 is 2.18 bits per heavy atom. The third kappa shape index (κ3) is 4.59. The topological polar surface area (TPSA) is 105 Å². The zero-order valence-corrected chi connectivity index (χ0v) is 19.8. The predicted molar refractivity (Wildman–Crippen MR) is 133 cm³/mol. The van der Waals surface area contributed by atoms with Crippen LogP contribution >= 0.6 is 11.3 Å². The van der Waals surface area contributed by atoms with Crippen LogP contribution in [0.25, 0.3) is 10.2 Å². The summed E-state index contributed by atoms with van der Waals surface area (Å²) in [4.78, 5) is 23.0. The molecule has 1 unspecified atom stereocenters. The number of carbonyl (C=O) groups excluding carboxylic acids is 1. The van der Waals surface area contributed by atoms with Gasteiger partial charge in [-0.15, -0.1) is 0 Å². The van der Waals surface area contributed by atoms with Gasteiger partial charge in [-0.3, -0.25) is 0 Å². The highest BCUT2D eigenvalue weighted by Crippen LogP contribution is 2.36. The van der Waals surface area contributed by atoms with Crippen molar-refractivity contribution in [2.75, 3.05) is 29.5 Å². The van der Waals surface area contributed by atoms with Crippen molar-refractivity contribution in [2.45, 2.75) is 45.3 Å². The number of thiazole rings is 1. The third-order valence-corrected chi connectivity index (χ3v) is 6.65. The number of nitrogen functional groups attached to an aromatic ring is 1. The molecule has 0 saturated carbocycles. The number of ether oxygens (including phenoxy) is 1. The van der Waals surface area contributed by atoms with Gasteiger partial charge in [0, 0.05) is 42.6 Å². The van der Waals surface area contributed by atoms with Crippen molar-refractivity contribution in [1.29, 1.82) is 0 Å². The van der Waals surface area contributed by atoms with Crippen molar-refractivity contribution in [3.05, 3.63) is 47.7 Å². The number of hydrogen-bond donors (Lipinski definition) is 3. The maximum atomic E-state index is 12.4. The van der Waals surface area contributed by atoms with Crippen LogP contribution in [-0.2, 0) is 11.2 Å². The lowest BCUT2D eigenvalue weighted by molar-refractivity contribution is 0.0265. The summed E-state index contributed by atoms with van der Waals surface area (Å²) in [6.07, 6.45) is 5.37. The Kier molecular flexibility index (Phi) is 5.36. The molecule has 8 nitrogen and oxygen atoms in total. The average Bonchev–Trinajstić information content (AvgIpc) is 3.35. The van der Waals surface area contributed by atoms with Crippen LogP contribution in [-0.4, -0.2) is 45.7 Å². The zero-order valence-electron chi connectivity index (χ0n) is 19.0. The van der Waals surface area contributed by atoms with E-state index in [2.05, 4.69) is 32.7 Å². The number of pyridine rings is 1. The second kappa shape index (κ2) is 8.22. The maximum Gasteiger partial charge on any atom is 0.410 e. The van der Waals surface area contributed by atoms with E-state index in [1.165, 1.54) is 22.5 Å². The molecule has 4 N–H and O–H groups in total. The summed E-state index contributed by atoms with van der Waals surface area (Å²) in [5.41, 5.74) is 10.8. The molecule has 5 rings (SSSR count). The summed E-state index contributed by atoms with van der Waals surface area (Å²) < 4.78 is 6.56. The number of nitrogens with two attached hydrogens (primary N) is 1. The zero-order chi connectivity index (χ0) is 23.2. The fourth-order valence-electron chi connectivity index (χ4n) is 4.25. The molecular formula is C24H28N6O2S. The van der Waals surface area contributed by atoms with E-state index in [0.29, 0.717) is 18.2 Å². The minimum absolute atomic E-state index is 0.181. The van der Waals surface area contributed by atoms with Gasteiger partial charge in [0.25, 0.3) is 0 Å². The van der Waals surface area contributed by atoms with Crippen molar-refractivity contribution in [1.82, 2.24) is 14.9 Å². The van der Waals surface area contributed by atoms with Crippen LogP contribution in [0.15, 0.2) is 42.1 Å². The number of benzene rings is 1. The van der Waals surface area contributed by atoms with Gasteiger partial charge in [-0.25, -0.2) is 14.8 Å². The first kappa shape index (κ1) is 21.5. The van der Waals surface area contributed by atoms with Gasteiger partial charge < -0.3 is 26.0 Å². The monoisotopic (exact) mass is 464 g/mol. The van der Waals surface area contributed by atoms with E-state index in [1.54, 1.807) is 4.90 Å². The average molecular weight is 465 g/mol. The second-order valence-corrected chi connectivity index (χ2v) is 10.5. The molecular weight excluding hydrogens is 436 g/mol. The van der Waals surface area contributed by atoms with E-state index < -0.39 is 5.60 Å². The molecule has 0 bridgehead atoms. The summed E-state index contributed by atoms with van der Waals surface area (Å²) in [5.74, 6) is 0.906. The number of hydrogen-bond acceptors (Lipinski definition) is 8. The molecule has 0 radical (unpaired) electrons. The van der Waals surface area contributed by atoms with E-state index in [4.69, 9.17) is 10.5 Å². The Hall–Kier alpha value is -3.33. The highest BCUT2D eigenvalue weighted by Gasteiger charge is 2.30. The lowest BCUT2D eigenvalue weighted by atomic mass is 9.97.